The van der Waals surface area contributed by atoms with Gasteiger partial charge in [0.15, 0.2) is 5.82 Å². The molecule has 0 aliphatic carbocycles. The van der Waals surface area contributed by atoms with Crippen LogP contribution in [-0.2, 0) is 9.73 Å². The molecule has 0 saturated heterocycles. The Labute approximate surface area is 215 Å². The third-order valence-electron chi connectivity index (χ3n) is 5.18. The minimum atomic E-state index is -2.72. The van der Waals surface area contributed by atoms with Crippen molar-refractivity contribution < 1.29 is 10.0 Å². The van der Waals surface area contributed by atoms with E-state index in [1.807, 2.05) is 31.4 Å². The molecule has 3 N–H and O–H groups in total. The fourth-order valence-electron chi connectivity index (χ4n) is 3.61. The highest BCUT2D eigenvalue weighted by Crippen LogP contribution is 2.41. The number of nitrogens with zero attached hydrogens (tertiary/aromatic N) is 2. The van der Waals surface area contributed by atoms with Crippen LogP contribution in [0.3, 0.4) is 0 Å². The van der Waals surface area contributed by atoms with Gasteiger partial charge in [-0.3, -0.25) is 0 Å². The Hall–Kier alpha value is -2.37. The normalized spacial score (nSPS) is 12.9. The molecule has 5 nitrogen and oxygen atoms in total. The molecular formula is C24H26FIN4OS2. The molecule has 174 valence electrons. The van der Waals surface area contributed by atoms with Gasteiger partial charge in [0, 0.05) is 36.1 Å². The smallest absolute Gasteiger partial charge is 0.170 e. The summed E-state index contributed by atoms with van der Waals surface area (Å²) in [5, 5.41) is 11.0. The van der Waals surface area contributed by atoms with Gasteiger partial charge in [0.2, 0.25) is 0 Å². The van der Waals surface area contributed by atoms with Crippen molar-refractivity contribution in [2.24, 2.45) is 4.36 Å². The molecule has 0 fully saturated rings. The molecule has 1 unspecified atom stereocenters. The van der Waals surface area contributed by atoms with Gasteiger partial charge in [-0.05, 0) is 52.6 Å². The summed E-state index contributed by atoms with van der Waals surface area (Å²) >= 11 is 1.39. The Morgan fingerprint density at radius 1 is 1.21 bits per heavy atom. The van der Waals surface area contributed by atoms with Crippen LogP contribution in [0.25, 0.3) is 21.9 Å². The Morgan fingerprint density at radius 3 is 2.48 bits per heavy atom. The second-order valence-corrected chi connectivity index (χ2v) is 11.3. The van der Waals surface area contributed by atoms with Crippen LogP contribution in [0.4, 0.5) is 15.9 Å². The highest BCUT2D eigenvalue weighted by molar-refractivity contribution is 14.0. The van der Waals surface area contributed by atoms with Crippen LogP contribution in [0.15, 0.2) is 62.5 Å². The van der Waals surface area contributed by atoms with Crippen LogP contribution in [0.2, 0.25) is 0 Å². The van der Waals surface area contributed by atoms with E-state index in [0.29, 0.717) is 26.7 Å². The molecule has 0 saturated carbocycles. The summed E-state index contributed by atoms with van der Waals surface area (Å²) < 4.78 is 32.3. The minimum absolute atomic E-state index is 0. The molecule has 2 aromatic heterocycles. The van der Waals surface area contributed by atoms with Crippen molar-refractivity contribution in [1.82, 2.24) is 4.98 Å². The molecule has 0 amide bonds. The lowest BCUT2D eigenvalue weighted by Crippen LogP contribution is -2.02. The molecule has 0 radical (unpaired) electrons. The third-order valence-corrected chi connectivity index (χ3v) is 8.46. The summed E-state index contributed by atoms with van der Waals surface area (Å²) in [5.41, 5.74) is 9.54. The highest BCUT2D eigenvalue weighted by Gasteiger charge is 2.20. The molecular weight excluding hydrogens is 570 g/mol. The topological polar surface area (TPSA) is 92.2 Å². The third kappa shape index (κ3) is 4.95. The number of anilines is 1. The minimum Gasteiger partial charge on any atom is -0.398 e. The molecule has 9 heteroatoms. The number of nitrogen functional groups attached to an aromatic ring is 1. The average Bonchev–Trinajstić information content (AvgIpc) is 3.30. The Balaban J connectivity index is 0.00000204. The molecule has 0 bridgehead atoms. The number of halogens is 2. The number of rotatable bonds is 5. The predicted octanol–water partition coefficient (Wildman–Crippen LogP) is 7.46. The van der Waals surface area contributed by atoms with Gasteiger partial charge < -0.3 is 11.1 Å². The maximum absolute atomic E-state index is 13.6. The summed E-state index contributed by atoms with van der Waals surface area (Å²) in [6.45, 7) is 4.03. The van der Waals surface area contributed by atoms with Gasteiger partial charge in [-0.1, -0.05) is 32.0 Å². The van der Waals surface area contributed by atoms with Crippen molar-refractivity contribution >= 4 is 73.5 Å². The first kappa shape index (κ1) is 25.3. The first-order valence-electron chi connectivity index (χ1n) is 10.0. The molecule has 0 aliphatic heterocycles. The van der Waals surface area contributed by atoms with E-state index in [4.69, 9.17) is 16.1 Å². The monoisotopic (exact) mass is 596 g/mol. The van der Waals surface area contributed by atoms with Crippen molar-refractivity contribution in [1.29, 1.82) is 5.41 Å². The van der Waals surface area contributed by atoms with E-state index in [1.54, 1.807) is 30.5 Å². The van der Waals surface area contributed by atoms with E-state index in [2.05, 4.69) is 4.36 Å². The van der Waals surface area contributed by atoms with Gasteiger partial charge in [-0.25, -0.2) is 13.6 Å². The number of hydrogen-bond donors (Lipinski definition) is 2. The molecule has 1 atom stereocenters. The van der Waals surface area contributed by atoms with Crippen LogP contribution in [0, 0.1) is 11.2 Å². The predicted molar refractivity (Wildman–Crippen MR) is 150 cm³/mol. The largest absolute Gasteiger partial charge is 0.398 e. The van der Waals surface area contributed by atoms with Gasteiger partial charge in [0.25, 0.3) is 0 Å². The summed E-state index contributed by atoms with van der Waals surface area (Å²) in [5.74, 6) is 0.0394. The molecule has 0 aliphatic rings. The Kier molecular flexibility index (Phi) is 7.55. The number of thiophene rings is 1. The van der Waals surface area contributed by atoms with Crippen molar-refractivity contribution in [3.63, 3.8) is 0 Å². The number of aromatic nitrogens is 1. The Bertz CT molecular complexity index is 1450. The molecule has 4 rings (SSSR count). The average molecular weight is 597 g/mol. The van der Waals surface area contributed by atoms with Crippen molar-refractivity contribution in [3.05, 3.63) is 71.0 Å². The summed E-state index contributed by atoms with van der Waals surface area (Å²) in [4.78, 5) is 4.84. The van der Waals surface area contributed by atoms with Crippen molar-refractivity contribution in [3.8, 4) is 11.1 Å². The molecule has 2 aromatic carbocycles. The molecule has 4 aromatic rings. The maximum atomic E-state index is 13.6. The van der Waals surface area contributed by atoms with Gasteiger partial charge in [-0.2, -0.15) is 4.36 Å². The summed E-state index contributed by atoms with van der Waals surface area (Å²) in [6, 6.07) is 13.4. The van der Waals surface area contributed by atoms with E-state index in [-0.39, 0.29) is 37.1 Å². The second kappa shape index (κ2) is 9.86. The van der Waals surface area contributed by atoms with E-state index in [0.717, 1.165) is 22.2 Å². The molecule has 2 heterocycles. The Morgan fingerprint density at radius 2 is 1.91 bits per heavy atom. The number of nitrogens with one attached hydrogen (secondary N) is 1. The number of nitrogens with two attached hydrogens (primary N) is 1. The number of pyridine rings is 1. The zero-order valence-corrected chi connectivity index (χ0v) is 22.3. The summed E-state index contributed by atoms with van der Waals surface area (Å²) in [6.07, 6.45) is 2.80. The van der Waals surface area contributed by atoms with E-state index < -0.39 is 9.73 Å². The number of fused-ring (bicyclic) bond motifs is 1. The van der Waals surface area contributed by atoms with Crippen LogP contribution >= 0.6 is 35.3 Å². The van der Waals surface area contributed by atoms with Crippen LogP contribution in [0.1, 0.15) is 32.4 Å². The van der Waals surface area contributed by atoms with E-state index >= 15 is 0 Å². The molecule has 0 spiro atoms. The van der Waals surface area contributed by atoms with Crippen LogP contribution in [-0.4, -0.2) is 21.7 Å². The van der Waals surface area contributed by atoms with Gasteiger partial charge >= 0.3 is 0 Å². The zero-order valence-electron chi connectivity index (χ0n) is 18.3. The first-order chi connectivity index (χ1) is 15.2. The van der Waals surface area contributed by atoms with Crippen molar-refractivity contribution in [2.75, 3.05) is 12.0 Å². The van der Waals surface area contributed by atoms with Gasteiger partial charge in [0.05, 0.1) is 19.6 Å². The fraction of sp³-hybridized carbons (Fsp3) is 0.167. The SMILES string of the molecule is CC(C)c1nc(N=S(C)(=O)c2cccs2)c2cc(N)c(C=N)cc2c1-c1ccc(F)cc1.I.[HH]. The van der Waals surface area contributed by atoms with Gasteiger partial charge in [-0.15, -0.1) is 35.3 Å². The standard InChI is InChI=1S/C24H23FN4OS2.HI.H2/c1-14(2)23-22(15-6-8-17(25)9-7-15)18-11-16(13-26)20(27)12-19(18)24(28-23)29-32(3,30)21-5-4-10-31-21;;/h4-14,26H,27H2,1-3H3;2*1H. The summed E-state index contributed by atoms with van der Waals surface area (Å²) in [7, 11) is -2.72. The fourth-order valence-corrected chi connectivity index (χ4v) is 5.95. The maximum Gasteiger partial charge on any atom is 0.170 e. The highest BCUT2D eigenvalue weighted by atomic mass is 127. The molecule has 33 heavy (non-hydrogen) atoms. The van der Waals surface area contributed by atoms with Crippen LogP contribution < -0.4 is 5.73 Å². The zero-order chi connectivity index (χ0) is 23.0. The van der Waals surface area contributed by atoms with E-state index in [1.165, 1.54) is 29.7 Å². The number of benzene rings is 2. The lowest BCUT2D eigenvalue weighted by atomic mass is 9.91. The van der Waals surface area contributed by atoms with E-state index in [9.17, 15) is 8.60 Å². The first-order valence-corrected chi connectivity index (χ1v) is 12.8. The van der Waals surface area contributed by atoms with Crippen LogP contribution in [0.5, 0.6) is 0 Å². The lowest BCUT2D eigenvalue weighted by Gasteiger charge is -2.18. The van der Waals surface area contributed by atoms with Gasteiger partial charge in [0.1, 0.15) is 5.82 Å². The number of hydrogen-bond acceptors (Lipinski definition) is 6. The second-order valence-electron chi connectivity index (χ2n) is 7.85. The quantitative estimate of drug-likeness (QED) is 0.142. The lowest BCUT2D eigenvalue weighted by molar-refractivity contribution is 0.628. The van der Waals surface area contributed by atoms with Crippen molar-refractivity contribution in [2.45, 2.75) is 24.0 Å².